The second-order valence-corrected chi connectivity index (χ2v) is 2.92. The Kier molecular flexibility index (Phi) is 10.9. The number of nitrogens with one attached hydrogen (secondary N) is 1. The van der Waals surface area contributed by atoms with Crippen molar-refractivity contribution in [2.45, 2.75) is 25.7 Å². The molecule has 0 amide bonds. The first-order valence-corrected chi connectivity index (χ1v) is 4.88. The van der Waals surface area contributed by atoms with Gasteiger partial charge in [-0.15, -0.1) is 0 Å². The molecule has 0 atom stereocenters. The molecule has 0 spiro atoms. The van der Waals surface area contributed by atoms with Gasteiger partial charge in [-0.25, -0.2) is 0 Å². The standard InChI is InChI=1S/C9H20N2O2/c10-5-4-7-11-6-2-1-3-8-13-9-12/h9,11H,1-8,10H2. The highest BCUT2D eigenvalue weighted by molar-refractivity contribution is 5.36. The first-order valence-electron chi connectivity index (χ1n) is 4.88. The Morgan fingerprint density at radius 2 is 1.92 bits per heavy atom. The van der Waals surface area contributed by atoms with Gasteiger partial charge in [0.05, 0.1) is 6.61 Å². The van der Waals surface area contributed by atoms with Gasteiger partial charge in [0.1, 0.15) is 0 Å². The van der Waals surface area contributed by atoms with E-state index in [-0.39, 0.29) is 0 Å². The van der Waals surface area contributed by atoms with Gasteiger partial charge < -0.3 is 15.8 Å². The van der Waals surface area contributed by atoms with E-state index >= 15 is 0 Å². The third kappa shape index (κ3) is 11.4. The summed E-state index contributed by atoms with van der Waals surface area (Å²) in [6, 6.07) is 0. The molecule has 0 aliphatic rings. The van der Waals surface area contributed by atoms with Crippen LogP contribution in [-0.2, 0) is 9.53 Å². The fourth-order valence-corrected chi connectivity index (χ4v) is 1.01. The monoisotopic (exact) mass is 188 g/mol. The topological polar surface area (TPSA) is 64.3 Å². The average molecular weight is 188 g/mol. The predicted octanol–water partition coefficient (Wildman–Crippen LogP) is 0.268. The lowest BCUT2D eigenvalue weighted by Gasteiger charge is -2.02. The first-order chi connectivity index (χ1) is 6.41. The quantitative estimate of drug-likeness (QED) is 0.381. The summed E-state index contributed by atoms with van der Waals surface area (Å²) in [5.74, 6) is 0. The minimum atomic E-state index is 0.500. The van der Waals surface area contributed by atoms with E-state index in [0.717, 1.165) is 45.3 Å². The van der Waals surface area contributed by atoms with Gasteiger partial charge in [-0.3, -0.25) is 4.79 Å². The van der Waals surface area contributed by atoms with Gasteiger partial charge in [0.25, 0.3) is 6.47 Å². The molecular weight excluding hydrogens is 168 g/mol. The maximum Gasteiger partial charge on any atom is 0.293 e. The van der Waals surface area contributed by atoms with Crippen molar-refractivity contribution in [2.24, 2.45) is 5.73 Å². The smallest absolute Gasteiger partial charge is 0.293 e. The van der Waals surface area contributed by atoms with Gasteiger partial charge in [-0.1, -0.05) is 0 Å². The summed E-state index contributed by atoms with van der Waals surface area (Å²) in [5, 5.41) is 3.29. The molecule has 0 heterocycles. The van der Waals surface area contributed by atoms with E-state index in [0.29, 0.717) is 13.1 Å². The Balaban J connectivity index is 2.79. The number of hydrogen-bond donors (Lipinski definition) is 2. The molecule has 0 rings (SSSR count). The second kappa shape index (κ2) is 11.4. The van der Waals surface area contributed by atoms with Gasteiger partial charge >= 0.3 is 0 Å². The molecule has 0 aliphatic heterocycles. The fraction of sp³-hybridized carbons (Fsp3) is 0.889. The van der Waals surface area contributed by atoms with Crippen LogP contribution in [0.5, 0.6) is 0 Å². The molecule has 0 aromatic rings. The van der Waals surface area contributed by atoms with Crippen LogP contribution >= 0.6 is 0 Å². The molecular formula is C9H20N2O2. The Bertz CT molecular complexity index is 110. The molecule has 4 heteroatoms. The maximum absolute atomic E-state index is 9.77. The summed E-state index contributed by atoms with van der Waals surface area (Å²) >= 11 is 0. The van der Waals surface area contributed by atoms with Crippen molar-refractivity contribution in [3.05, 3.63) is 0 Å². The molecule has 0 aromatic carbocycles. The number of carbonyl (C=O) groups is 1. The Morgan fingerprint density at radius 3 is 2.62 bits per heavy atom. The molecule has 0 aliphatic carbocycles. The molecule has 0 bridgehead atoms. The largest absolute Gasteiger partial charge is 0.468 e. The van der Waals surface area contributed by atoms with Crippen LogP contribution in [0.3, 0.4) is 0 Å². The number of unbranched alkanes of at least 4 members (excludes halogenated alkanes) is 2. The molecule has 0 saturated carbocycles. The predicted molar refractivity (Wildman–Crippen MR) is 52.4 cm³/mol. The maximum atomic E-state index is 9.77. The van der Waals surface area contributed by atoms with Crippen molar-refractivity contribution in [3.63, 3.8) is 0 Å². The number of hydrogen-bond acceptors (Lipinski definition) is 4. The van der Waals surface area contributed by atoms with Crippen molar-refractivity contribution in [2.75, 3.05) is 26.2 Å². The van der Waals surface area contributed by atoms with Crippen molar-refractivity contribution >= 4 is 6.47 Å². The highest BCUT2D eigenvalue weighted by Crippen LogP contribution is 1.93. The third-order valence-electron chi connectivity index (χ3n) is 1.74. The van der Waals surface area contributed by atoms with Crippen LogP contribution in [0.4, 0.5) is 0 Å². The van der Waals surface area contributed by atoms with E-state index in [1.54, 1.807) is 0 Å². The van der Waals surface area contributed by atoms with Crippen LogP contribution in [0, 0.1) is 0 Å². The first kappa shape index (κ1) is 12.4. The van der Waals surface area contributed by atoms with Gasteiger partial charge in [0, 0.05) is 0 Å². The van der Waals surface area contributed by atoms with Gasteiger partial charge in [0.2, 0.25) is 0 Å². The highest BCUT2D eigenvalue weighted by atomic mass is 16.5. The number of ether oxygens (including phenoxy) is 1. The van der Waals surface area contributed by atoms with Crippen LogP contribution in [0.15, 0.2) is 0 Å². The Hall–Kier alpha value is -0.610. The summed E-state index contributed by atoms with van der Waals surface area (Å²) < 4.78 is 4.56. The highest BCUT2D eigenvalue weighted by Gasteiger charge is 1.89. The zero-order valence-electron chi connectivity index (χ0n) is 8.13. The summed E-state index contributed by atoms with van der Waals surface area (Å²) in [6.07, 6.45) is 4.22. The summed E-state index contributed by atoms with van der Waals surface area (Å²) in [5.41, 5.74) is 5.33. The minimum absolute atomic E-state index is 0.500. The lowest BCUT2D eigenvalue weighted by atomic mass is 10.2. The van der Waals surface area contributed by atoms with Crippen molar-refractivity contribution in [1.82, 2.24) is 5.32 Å². The number of rotatable bonds is 10. The second-order valence-electron chi connectivity index (χ2n) is 2.92. The lowest BCUT2D eigenvalue weighted by molar-refractivity contribution is -0.128. The van der Waals surface area contributed by atoms with E-state index in [4.69, 9.17) is 5.73 Å². The number of carbonyl (C=O) groups excluding carboxylic acids is 1. The van der Waals surface area contributed by atoms with E-state index < -0.39 is 0 Å². The van der Waals surface area contributed by atoms with E-state index in [9.17, 15) is 4.79 Å². The molecule has 0 fully saturated rings. The van der Waals surface area contributed by atoms with E-state index in [1.807, 2.05) is 0 Å². The van der Waals surface area contributed by atoms with Crippen LogP contribution in [0.1, 0.15) is 25.7 Å². The minimum Gasteiger partial charge on any atom is -0.468 e. The van der Waals surface area contributed by atoms with Crippen molar-refractivity contribution in [1.29, 1.82) is 0 Å². The average Bonchev–Trinajstić information content (AvgIpc) is 2.16. The summed E-state index contributed by atoms with van der Waals surface area (Å²) in [6.45, 7) is 3.83. The molecule has 0 unspecified atom stereocenters. The molecule has 78 valence electrons. The van der Waals surface area contributed by atoms with Crippen LogP contribution in [-0.4, -0.2) is 32.7 Å². The fourth-order valence-electron chi connectivity index (χ4n) is 1.01. The van der Waals surface area contributed by atoms with Crippen LogP contribution in [0.2, 0.25) is 0 Å². The third-order valence-corrected chi connectivity index (χ3v) is 1.74. The zero-order chi connectivity index (χ0) is 9.78. The van der Waals surface area contributed by atoms with E-state index in [2.05, 4.69) is 10.1 Å². The summed E-state index contributed by atoms with van der Waals surface area (Å²) in [7, 11) is 0. The SMILES string of the molecule is NCCCNCCCCCOC=O. The lowest BCUT2D eigenvalue weighted by Crippen LogP contribution is -2.19. The Labute approximate surface area is 79.8 Å². The van der Waals surface area contributed by atoms with Crippen molar-refractivity contribution < 1.29 is 9.53 Å². The van der Waals surface area contributed by atoms with E-state index in [1.165, 1.54) is 0 Å². The van der Waals surface area contributed by atoms with Crippen LogP contribution < -0.4 is 11.1 Å². The normalized spacial score (nSPS) is 9.92. The molecule has 13 heavy (non-hydrogen) atoms. The van der Waals surface area contributed by atoms with Gasteiger partial charge in [0.15, 0.2) is 0 Å². The molecule has 0 radical (unpaired) electrons. The molecule has 4 nitrogen and oxygen atoms in total. The molecule has 0 saturated heterocycles. The molecule has 0 aromatic heterocycles. The van der Waals surface area contributed by atoms with Gasteiger partial charge in [-0.2, -0.15) is 0 Å². The Morgan fingerprint density at radius 1 is 1.15 bits per heavy atom. The van der Waals surface area contributed by atoms with Crippen LogP contribution in [0.25, 0.3) is 0 Å². The number of nitrogens with two attached hydrogens (primary N) is 1. The molecule has 3 N–H and O–H groups in total. The van der Waals surface area contributed by atoms with Crippen molar-refractivity contribution in [3.8, 4) is 0 Å². The zero-order valence-corrected chi connectivity index (χ0v) is 8.13. The summed E-state index contributed by atoms with van der Waals surface area (Å²) in [4.78, 5) is 9.77. The van der Waals surface area contributed by atoms with Gasteiger partial charge in [-0.05, 0) is 45.3 Å².